The quantitative estimate of drug-likeness (QED) is 0.279. The number of rotatable bonds is 15. The molecule has 0 N–H and O–H groups in total. The Morgan fingerprint density at radius 2 is 1.00 bits per heavy atom. The maximum atomic E-state index is 11.2. The van der Waals surface area contributed by atoms with Crippen molar-refractivity contribution in [3.05, 3.63) is 0 Å². The smallest absolute Gasteiger partial charge is 0.308 e. The van der Waals surface area contributed by atoms with Crippen molar-refractivity contribution in [1.29, 1.82) is 0 Å². The van der Waals surface area contributed by atoms with Crippen LogP contribution in [0, 0.1) is 0 Å². The van der Waals surface area contributed by atoms with Gasteiger partial charge in [-0.05, 0) is 42.3 Å². The van der Waals surface area contributed by atoms with E-state index >= 15 is 0 Å². The van der Waals surface area contributed by atoms with Crippen molar-refractivity contribution in [3.8, 4) is 0 Å². The number of methoxy groups -OCH3 is 1. The molecule has 168 valence electrons. The summed E-state index contributed by atoms with van der Waals surface area (Å²) in [7, 11) is 13.2. The first-order chi connectivity index (χ1) is 13.2. The van der Waals surface area contributed by atoms with E-state index in [-0.39, 0.29) is 11.9 Å². The Kier molecular flexibility index (Phi) is 21.2. The topological polar surface area (TPSA) is 80.8 Å². The molecular weight excluding hydrogens is 366 g/mol. The molecule has 9 nitrogen and oxygen atoms in total. The van der Waals surface area contributed by atoms with Crippen LogP contribution in [-0.4, -0.2) is 129 Å². The van der Waals surface area contributed by atoms with E-state index in [1.165, 1.54) is 7.11 Å². The molecule has 0 spiro atoms. The van der Waals surface area contributed by atoms with Gasteiger partial charge in [0.2, 0.25) is 0 Å². The molecule has 0 aliphatic carbocycles. The van der Waals surface area contributed by atoms with E-state index in [0.717, 1.165) is 19.6 Å². The lowest BCUT2D eigenvalue weighted by Crippen LogP contribution is -2.21. The summed E-state index contributed by atoms with van der Waals surface area (Å²) in [6.07, 6.45) is 0.671. The van der Waals surface area contributed by atoms with Crippen LogP contribution < -0.4 is 0 Å². The minimum Gasteiger partial charge on any atom is -0.469 e. The molecule has 28 heavy (non-hydrogen) atoms. The van der Waals surface area contributed by atoms with E-state index in [1.54, 1.807) is 0 Å². The maximum absolute atomic E-state index is 11.2. The molecule has 0 heterocycles. The number of hydrogen-bond donors (Lipinski definition) is 0. The number of esters is 2. The van der Waals surface area contributed by atoms with Crippen LogP contribution >= 0.6 is 0 Å². The lowest BCUT2D eigenvalue weighted by atomic mass is 10.4. The molecule has 0 saturated heterocycles. The summed E-state index contributed by atoms with van der Waals surface area (Å²) in [5.74, 6) is -0.411. The molecule has 0 rings (SSSR count). The van der Waals surface area contributed by atoms with Gasteiger partial charge in [-0.25, -0.2) is 0 Å². The van der Waals surface area contributed by atoms with Crippen LogP contribution in [0.3, 0.4) is 0 Å². The summed E-state index contributed by atoms with van der Waals surface area (Å²) in [6, 6.07) is 0. The molecule has 0 saturated carbocycles. The van der Waals surface area contributed by atoms with Gasteiger partial charge >= 0.3 is 11.9 Å². The van der Waals surface area contributed by atoms with E-state index in [0.29, 0.717) is 45.9 Å². The summed E-state index contributed by atoms with van der Waals surface area (Å²) in [6.45, 7) is 5.14. The van der Waals surface area contributed by atoms with E-state index < -0.39 is 0 Å². The van der Waals surface area contributed by atoms with Crippen LogP contribution in [0.2, 0.25) is 0 Å². The fourth-order valence-corrected chi connectivity index (χ4v) is 1.53. The van der Waals surface area contributed by atoms with Crippen molar-refractivity contribution in [2.24, 2.45) is 0 Å². The molecule has 0 unspecified atom stereocenters. The first kappa shape index (κ1) is 28.9. The largest absolute Gasteiger partial charge is 0.469 e. The fourth-order valence-electron chi connectivity index (χ4n) is 1.53. The zero-order chi connectivity index (χ0) is 21.8. The Morgan fingerprint density at radius 1 is 0.607 bits per heavy atom. The standard InChI is InChI=1S/C11H24N2O3.C8H17NO3/c1-12(2)6-9-15-8-5-11(14)16-10-7-13(3)4;1-9(2)5-7-12-6-4-8(10)11-3/h5-10H2,1-4H3;4-7H2,1-3H3. The molecule has 0 amide bonds. The predicted molar refractivity (Wildman–Crippen MR) is 110 cm³/mol. The molecule has 0 bridgehead atoms. The predicted octanol–water partition coefficient (Wildman–Crippen LogP) is 0.187. The third kappa shape index (κ3) is 27.0. The second kappa shape index (κ2) is 20.5. The monoisotopic (exact) mass is 407 g/mol. The highest BCUT2D eigenvalue weighted by molar-refractivity contribution is 5.69. The summed E-state index contributed by atoms with van der Waals surface area (Å²) < 4.78 is 19.9. The van der Waals surface area contributed by atoms with Crippen LogP contribution in [0.5, 0.6) is 0 Å². The Bertz CT molecular complexity index is 379. The SMILES string of the molecule is CN(C)CCOCCC(=O)OCCN(C)C.COC(=O)CCOCCN(C)C. The summed E-state index contributed by atoms with van der Waals surface area (Å²) in [4.78, 5) is 27.8. The zero-order valence-corrected chi connectivity index (χ0v) is 18.9. The number of hydrogen-bond acceptors (Lipinski definition) is 9. The van der Waals surface area contributed by atoms with Gasteiger partial charge in [0.05, 0.1) is 46.4 Å². The highest BCUT2D eigenvalue weighted by atomic mass is 16.5. The molecule has 0 fully saturated rings. The van der Waals surface area contributed by atoms with Crippen molar-refractivity contribution in [3.63, 3.8) is 0 Å². The second-order valence-corrected chi connectivity index (χ2v) is 6.93. The number of carbonyl (C=O) groups is 2. The molecule has 0 aromatic heterocycles. The average molecular weight is 408 g/mol. The van der Waals surface area contributed by atoms with Crippen molar-refractivity contribution in [2.45, 2.75) is 12.8 Å². The van der Waals surface area contributed by atoms with Crippen LogP contribution in [-0.2, 0) is 28.5 Å². The minimum absolute atomic E-state index is 0.188. The highest BCUT2D eigenvalue weighted by Gasteiger charge is 2.03. The van der Waals surface area contributed by atoms with Gasteiger partial charge in [0.1, 0.15) is 6.61 Å². The van der Waals surface area contributed by atoms with Crippen molar-refractivity contribution in [2.75, 3.05) is 102 Å². The van der Waals surface area contributed by atoms with Crippen LogP contribution in [0.25, 0.3) is 0 Å². The Labute approximate surface area is 170 Å². The number of carbonyl (C=O) groups excluding carboxylic acids is 2. The Hall–Kier alpha value is -1.26. The van der Waals surface area contributed by atoms with Gasteiger partial charge in [-0.1, -0.05) is 0 Å². The van der Waals surface area contributed by atoms with Gasteiger partial charge in [-0.15, -0.1) is 0 Å². The van der Waals surface area contributed by atoms with E-state index in [2.05, 4.69) is 4.74 Å². The molecule has 0 atom stereocenters. The zero-order valence-electron chi connectivity index (χ0n) is 18.9. The molecule has 0 radical (unpaired) electrons. The average Bonchev–Trinajstić information content (AvgIpc) is 2.60. The fraction of sp³-hybridized carbons (Fsp3) is 0.895. The number of likely N-dealkylation sites (N-methyl/N-ethyl adjacent to an activating group) is 3. The van der Waals surface area contributed by atoms with Crippen molar-refractivity contribution >= 4 is 11.9 Å². The lowest BCUT2D eigenvalue weighted by Gasteiger charge is -2.11. The summed E-state index contributed by atoms with van der Waals surface area (Å²) in [5.41, 5.74) is 0. The first-order valence-corrected chi connectivity index (χ1v) is 9.51. The molecule has 0 aliphatic rings. The van der Waals surface area contributed by atoms with Gasteiger partial charge in [-0.3, -0.25) is 9.59 Å². The molecule has 0 aromatic rings. The van der Waals surface area contributed by atoms with E-state index in [4.69, 9.17) is 14.2 Å². The van der Waals surface area contributed by atoms with E-state index in [1.807, 2.05) is 57.0 Å². The van der Waals surface area contributed by atoms with Gasteiger partial charge in [0, 0.05) is 19.6 Å². The summed E-state index contributed by atoms with van der Waals surface area (Å²) in [5, 5.41) is 0. The van der Waals surface area contributed by atoms with Gasteiger partial charge < -0.3 is 33.6 Å². The molecular formula is C19H41N3O6. The van der Waals surface area contributed by atoms with Gasteiger partial charge in [0.15, 0.2) is 0 Å². The lowest BCUT2D eigenvalue weighted by molar-refractivity contribution is -0.145. The normalized spacial score (nSPS) is 10.8. The third-order valence-electron chi connectivity index (χ3n) is 3.30. The molecule has 0 aliphatic heterocycles. The third-order valence-corrected chi connectivity index (χ3v) is 3.30. The second-order valence-electron chi connectivity index (χ2n) is 6.93. The molecule has 9 heteroatoms. The highest BCUT2D eigenvalue weighted by Crippen LogP contribution is 1.90. The number of ether oxygens (including phenoxy) is 4. The van der Waals surface area contributed by atoms with Gasteiger partial charge in [0.25, 0.3) is 0 Å². The van der Waals surface area contributed by atoms with Crippen LogP contribution in [0.4, 0.5) is 0 Å². The minimum atomic E-state index is -0.222. The van der Waals surface area contributed by atoms with Crippen molar-refractivity contribution < 1.29 is 28.5 Å². The van der Waals surface area contributed by atoms with E-state index in [9.17, 15) is 9.59 Å². The van der Waals surface area contributed by atoms with Crippen molar-refractivity contribution in [1.82, 2.24) is 14.7 Å². The Morgan fingerprint density at radius 3 is 1.39 bits per heavy atom. The van der Waals surface area contributed by atoms with Crippen LogP contribution in [0.15, 0.2) is 0 Å². The summed E-state index contributed by atoms with van der Waals surface area (Å²) >= 11 is 0. The maximum Gasteiger partial charge on any atom is 0.308 e. The first-order valence-electron chi connectivity index (χ1n) is 9.51. The Balaban J connectivity index is 0. The van der Waals surface area contributed by atoms with Crippen LogP contribution in [0.1, 0.15) is 12.8 Å². The molecule has 0 aromatic carbocycles. The van der Waals surface area contributed by atoms with Gasteiger partial charge in [-0.2, -0.15) is 0 Å². The number of nitrogens with zero attached hydrogens (tertiary/aromatic N) is 3.